The maximum absolute atomic E-state index is 6.10. The number of fused-ring (bicyclic) bond motifs is 1. The van der Waals surface area contributed by atoms with Gasteiger partial charge in [0.1, 0.15) is 5.52 Å². The molecule has 1 fully saturated rings. The van der Waals surface area contributed by atoms with Crippen LogP contribution >= 0.6 is 0 Å². The number of nitrogens with two attached hydrogens (primary N) is 1. The molecule has 0 saturated carbocycles. The zero-order valence-corrected chi connectivity index (χ0v) is 13.2. The fourth-order valence-corrected chi connectivity index (χ4v) is 3.14. The number of nitrogens with zero attached hydrogens (tertiary/aromatic N) is 2. The first-order valence-corrected chi connectivity index (χ1v) is 7.79. The molecule has 0 amide bonds. The van der Waals surface area contributed by atoms with Crippen molar-refractivity contribution < 1.29 is 4.42 Å². The summed E-state index contributed by atoms with van der Waals surface area (Å²) < 4.78 is 5.97. The largest absolute Gasteiger partial charge is 0.440 e. The number of likely N-dealkylation sites (tertiary alicyclic amines) is 1. The average Bonchev–Trinajstić information content (AvgIpc) is 2.80. The lowest BCUT2D eigenvalue weighted by Crippen LogP contribution is -2.47. The molecule has 1 aliphatic heterocycles. The minimum atomic E-state index is -0.123. The second-order valence-electron chi connectivity index (χ2n) is 7.06. The summed E-state index contributed by atoms with van der Waals surface area (Å²) in [4.78, 5) is 7.11. The van der Waals surface area contributed by atoms with Crippen molar-refractivity contribution in [2.24, 2.45) is 5.73 Å². The summed E-state index contributed by atoms with van der Waals surface area (Å²) in [6, 6.07) is 6.20. The second kappa shape index (κ2) is 5.43. The van der Waals surface area contributed by atoms with Crippen LogP contribution in [0.15, 0.2) is 22.6 Å². The minimum absolute atomic E-state index is 0.123. The van der Waals surface area contributed by atoms with Crippen LogP contribution in [0, 0.1) is 6.92 Å². The Morgan fingerprint density at radius 1 is 1.33 bits per heavy atom. The van der Waals surface area contributed by atoms with E-state index in [0.717, 1.165) is 49.5 Å². The van der Waals surface area contributed by atoms with E-state index < -0.39 is 0 Å². The van der Waals surface area contributed by atoms with Crippen LogP contribution in [0.25, 0.3) is 11.1 Å². The fourth-order valence-electron chi connectivity index (χ4n) is 3.14. The van der Waals surface area contributed by atoms with Crippen molar-refractivity contribution in [1.29, 1.82) is 0 Å². The second-order valence-corrected chi connectivity index (χ2v) is 7.06. The molecule has 1 aliphatic rings. The Morgan fingerprint density at radius 3 is 2.71 bits per heavy atom. The molecule has 0 aliphatic carbocycles. The lowest BCUT2D eigenvalue weighted by atomic mass is 9.95. The molecule has 4 nitrogen and oxygen atoms in total. The normalized spacial score (nSPS) is 18.5. The van der Waals surface area contributed by atoms with Gasteiger partial charge < -0.3 is 15.1 Å². The van der Waals surface area contributed by atoms with Gasteiger partial charge in [-0.15, -0.1) is 0 Å². The highest BCUT2D eigenvalue weighted by Gasteiger charge is 2.26. The van der Waals surface area contributed by atoms with E-state index in [2.05, 4.69) is 42.8 Å². The van der Waals surface area contributed by atoms with E-state index in [4.69, 9.17) is 10.2 Å². The van der Waals surface area contributed by atoms with Gasteiger partial charge in [0.2, 0.25) is 0 Å². The molecule has 2 heterocycles. The van der Waals surface area contributed by atoms with Crippen LogP contribution in [-0.2, 0) is 0 Å². The lowest BCUT2D eigenvalue weighted by Gasteiger charge is -2.34. The highest BCUT2D eigenvalue weighted by Crippen LogP contribution is 2.30. The van der Waals surface area contributed by atoms with Crippen LogP contribution in [0.1, 0.15) is 44.1 Å². The Hall–Kier alpha value is -1.39. The number of piperidine rings is 1. The number of aromatic nitrogens is 1. The first-order valence-electron chi connectivity index (χ1n) is 7.79. The first-order chi connectivity index (χ1) is 9.90. The van der Waals surface area contributed by atoms with Gasteiger partial charge >= 0.3 is 0 Å². The van der Waals surface area contributed by atoms with E-state index in [0.29, 0.717) is 5.92 Å². The highest BCUT2D eigenvalue weighted by atomic mass is 16.3. The number of hydrogen-bond acceptors (Lipinski definition) is 4. The Labute approximate surface area is 126 Å². The van der Waals surface area contributed by atoms with Crippen LogP contribution < -0.4 is 5.73 Å². The van der Waals surface area contributed by atoms with Gasteiger partial charge in [-0.25, -0.2) is 4.98 Å². The van der Waals surface area contributed by atoms with Gasteiger partial charge in [0, 0.05) is 18.0 Å². The summed E-state index contributed by atoms with van der Waals surface area (Å²) >= 11 is 0. The molecule has 1 aromatic heterocycles. The topological polar surface area (TPSA) is 55.3 Å². The van der Waals surface area contributed by atoms with Gasteiger partial charge in [-0.1, -0.05) is 6.07 Å². The number of rotatable bonds is 3. The van der Waals surface area contributed by atoms with E-state index >= 15 is 0 Å². The van der Waals surface area contributed by atoms with Crippen molar-refractivity contribution in [1.82, 2.24) is 9.88 Å². The molecule has 0 radical (unpaired) electrons. The number of oxazole rings is 1. The van der Waals surface area contributed by atoms with Crippen molar-refractivity contribution in [3.8, 4) is 0 Å². The van der Waals surface area contributed by atoms with Gasteiger partial charge in [0.05, 0.1) is 0 Å². The van der Waals surface area contributed by atoms with E-state index in [1.807, 2.05) is 6.07 Å². The van der Waals surface area contributed by atoms with E-state index in [1.54, 1.807) is 0 Å². The molecule has 114 valence electrons. The highest BCUT2D eigenvalue weighted by molar-refractivity contribution is 5.73. The molecular weight excluding hydrogens is 262 g/mol. The first kappa shape index (κ1) is 14.5. The SMILES string of the molecule is Cc1ccc2nc(C3CCN(CC(C)(C)N)CC3)oc2c1. The maximum atomic E-state index is 6.10. The smallest absolute Gasteiger partial charge is 0.198 e. The van der Waals surface area contributed by atoms with E-state index in [9.17, 15) is 0 Å². The zero-order chi connectivity index (χ0) is 15.0. The van der Waals surface area contributed by atoms with Crippen LogP contribution in [0.5, 0.6) is 0 Å². The molecule has 0 unspecified atom stereocenters. The van der Waals surface area contributed by atoms with Gasteiger partial charge in [0.15, 0.2) is 11.5 Å². The van der Waals surface area contributed by atoms with Crippen LogP contribution in [0.4, 0.5) is 0 Å². The van der Waals surface area contributed by atoms with Crippen LogP contribution in [0.2, 0.25) is 0 Å². The predicted molar refractivity (Wildman–Crippen MR) is 85.4 cm³/mol. The lowest BCUT2D eigenvalue weighted by molar-refractivity contribution is 0.171. The number of aryl methyl sites for hydroxylation is 1. The molecular formula is C17H25N3O. The van der Waals surface area contributed by atoms with Crippen molar-refractivity contribution in [3.05, 3.63) is 29.7 Å². The Balaban J connectivity index is 1.68. The van der Waals surface area contributed by atoms with Gasteiger partial charge in [-0.05, 0) is 64.4 Å². The van der Waals surface area contributed by atoms with Gasteiger partial charge in [0.25, 0.3) is 0 Å². The molecule has 2 N–H and O–H groups in total. The summed E-state index contributed by atoms with van der Waals surface area (Å²) in [5.74, 6) is 1.34. The summed E-state index contributed by atoms with van der Waals surface area (Å²) in [6.07, 6.45) is 2.20. The summed E-state index contributed by atoms with van der Waals surface area (Å²) in [7, 11) is 0. The standard InChI is InChI=1S/C17H25N3O/c1-12-4-5-14-15(10-12)21-16(19-14)13-6-8-20(9-7-13)11-17(2,3)18/h4-5,10,13H,6-9,11,18H2,1-3H3. The van der Waals surface area contributed by atoms with Crippen molar-refractivity contribution in [3.63, 3.8) is 0 Å². The van der Waals surface area contributed by atoms with Crippen molar-refractivity contribution >= 4 is 11.1 Å². The summed E-state index contributed by atoms with van der Waals surface area (Å²) in [6.45, 7) is 9.34. The minimum Gasteiger partial charge on any atom is -0.440 e. The monoisotopic (exact) mass is 287 g/mol. The molecule has 2 aromatic rings. The third kappa shape index (κ3) is 3.44. The molecule has 1 saturated heterocycles. The summed E-state index contributed by atoms with van der Waals surface area (Å²) in [5.41, 5.74) is 9.08. The molecule has 0 atom stereocenters. The number of hydrogen-bond donors (Lipinski definition) is 1. The Kier molecular flexibility index (Phi) is 3.76. The molecule has 4 heteroatoms. The Bertz CT molecular complexity index is 618. The van der Waals surface area contributed by atoms with Gasteiger partial charge in [-0.3, -0.25) is 0 Å². The predicted octanol–water partition coefficient (Wildman–Crippen LogP) is 3.05. The van der Waals surface area contributed by atoms with Crippen LogP contribution in [-0.4, -0.2) is 35.1 Å². The van der Waals surface area contributed by atoms with E-state index in [-0.39, 0.29) is 5.54 Å². The zero-order valence-electron chi connectivity index (χ0n) is 13.2. The molecule has 0 spiro atoms. The van der Waals surface area contributed by atoms with Gasteiger partial charge in [-0.2, -0.15) is 0 Å². The molecule has 21 heavy (non-hydrogen) atoms. The van der Waals surface area contributed by atoms with Crippen molar-refractivity contribution in [2.75, 3.05) is 19.6 Å². The maximum Gasteiger partial charge on any atom is 0.198 e. The Morgan fingerprint density at radius 2 is 2.05 bits per heavy atom. The molecule has 0 bridgehead atoms. The fraction of sp³-hybridized carbons (Fsp3) is 0.588. The number of benzene rings is 1. The third-order valence-corrected chi connectivity index (χ3v) is 4.13. The quantitative estimate of drug-likeness (QED) is 0.942. The molecule has 1 aromatic carbocycles. The van der Waals surface area contributed by atoms with Crippen molar-refractivity contribution in [2.45, 2.75) is 45.1 Å². The van der Waals surface area contributed by atoms with E-state index in [1.165, 1.54) is 5.56 Å². The molecule has 3 rings (SSSR count). The van der Waals surface area contributed by atoms with Crippen LogP contribution in [0.3, 0.4) is 0 Å². The average molecular weight is 287 g/mol. The summed E-state index contributed by atoms with van der Waals surface area (Å²) in [5, 5.41) is 0. The third-order valence-electron chi connectivity index (χ3n) is 4.13.